The van der Waals surface area contributed by atoms with Gasteiger partial charge in [-0.3, -0.25) is 0 Å². The number of benzene rings is 1. The van der Waals surface area contributed by atoms with Gasteiger partial charge in [0.05, 0.1) is 16.5 Å². The molecule has 0 bridgehead atoms. The molecule has 0 aliphatic heterocycles. The van der Waals surface area contributed by atoms with Crippen LogP contribution in [0.2, 0.25) is 15.2 Å². The standard InChI is InChI=1S/C15H9Cl3N4O3/c1-5-3-2-4-6-9(5)20-14(23)10(6)21-22-11-7(16)12(15(24)25)19-13(18)8(11)17/h2-4,20,23H,1H3,(H,24,25)/p-1. The number of carbonyl (C=O) groups is 1. The van der Waals surface area contributed by atoms with Crippen molar-refractivity contribution < 1.29 is 15.0 Å². The Morgan fingerprint density at radius 1 is 1.20 bits per heavy atom. The second kappa shape index (κ2) is 6.51. The Bertz CT molecular complexity index is 1050. The third kappa shape index (κ3) is 3.02. The maximum Gasteiger partial charge on any atom is 0.218 e. The summed E-state index contributed by atoms with van der Waals surface area (Å²) in [6.07, 6.45) is 0. The number of aromatic carboxylic acids is 1. The number of carboxylic acid groups (broad SMARTS) is 1. The van der Waals surface area contributed by atoms with Crippen molar-refractivity contribution in [3.05, 3.63) is 44.7 Å². The van der Waals surface area contributed by atoms with Crippen molar-refractivity contribution in [3.63, 3.8) is 0 Å². The van der Waals surface area contributed by atoms with Crippen molar-refractivity contribution in [2.75, 3.05) is 0 Å². The van der Waals surface area contributed by atoms with Gasteiger partial charge >= 0.3 is 0 Å². The van der Waals surface area contributed by atoms with E-state index in [1.54, 1.807) is 12.1 Å². The van der Waals surface area contributed by atoms with Crippen LogP contribution in [-0.2, 0) is 0 Å². The minimum absolute atomic E-state index is 0.147. The molecule has 1 aromatic carbocycles. The average molecular weight is 399 g/mol. The summed E-state index contributed by atoms with van der Waals surface area (Å²) in [5.41, 5.74) is 0.938. The van der Waals surface area contributed by atoms with Crippen LogP contribution in [-0.4, -0.2) is 21.0 Å². The lowest BCUT2D eigenvalue weighted by molar-refractivity contribution is -0.255. The molecular weight excluding hydrogens is 391 g/mol. The monoisotopic (exact) mass is 397 g/mol. The molecule has 0 unspecified atom stereocenters. The molecule has 0 atom stereocenters. The number of hydrogen-bond acceptors (Lipinski definition) is 6. The zero-order chi connectivity index (χ0) is 18.3. The summed E-state index contributed by atoms with van der Waals surface area (Å²) in [7, 11) is 0. The van der Waals surface area contributed by atoms with Crippen LogP contribution < -0.4 is 5.11 Å². The van der Waals surface area contributed by atoms with Crippen LogP contribution in [0.15, 0.2) is 28.4 Å². The first-order valence-electron chi connectivity index (χ1n) is 6.79. The van der Waals surface area contributed by atoms with Gasteiger partial charge in [-0.05, 0) is 12.5 Å². The van der Waals surface area contributed by atoms with E-state index in [9.17, 15) is 15.0 Å². The molecule has 3 rings (SSSR count). The molecule has 25 heavy (non-hydrogen) atoms. The van der Waals surface area contributed by atoms with Crippen LogP contribution in [0.5, 0.6) is 5.88 Å². The van der Waals surface area contributed by atoms with Crippen molar-refractivity contribution in [2.24, 2.45) is 10.2 Å². The summed E-state index contributed by atoms with van der Waals surface area (Å²) in [5.74, 6) is -1.84. The number of pyridine rings is 1. The molecule has 2 heterocycles. The van der Waals surface area contributed by atoms with E-state index < -0.39 is 11.7 Å². The van der Waals surface area contributed by atoms with Gasteiger partial charge in [-0.1, -0.05) is 53.0 Å². The number of halogens is 3. The molecule has 10 heteroatoms. The molecule has 7 nitrogen and oxygen atoms in total. The van der Waals surface area contributed by atoms with Crippen LogP contribution in [0.3, 0.4) is 0 Å². The van der Waals surface area contributed by atoms with Crippen LogP contribution in [0.25, 0.3) is 10.9 Å². The number of hydrogen-bond donors (Lipinski definition) is 2. The second-order valence-electron chi connectivity index (χ2n) is 5.03. The predicted molar refractivity (Wildman–Crippen MR) is 92.5 cm³/mol. The number of carboxylic acids is 1. The van der Waals surface area contributed by atoms with E-state index in [0.717, 1.165) is 5.56 Å². The molecule has 0 aliphatic rings. The average Bonchev–Trinajstić information content (AvgIpc) is 2.88. The van der Waals surface area contributed by atoms with Gasteiger partial charge in [0, 0.05) is 5.39 Å². The van der Waals surface area contributed by atoms with E-state index >= 15 is 0 Å². The summed E-state index contributed by atoms with van der Waals surface area (Å²) in [4.78, 5) is 17.4. The first-order chi connectivity index (χ1) is 11.8. The minimum Gasteiger partial charge on any atom is -0.543 e. The Kier molecular flexibility index (Phi) is 4.55. The third-order valence-electron chi connectivity index (χ3n) is 3.45. The minimum atomic E-state index is -1.63. The van der Waals surface area contributed by atoms with Gasteiger partial charge in [-0.2, -0.15) is 0 Å². The molecule has 0 aliphatic carbocycles. The molecule has 0 amide bonds. The molecule has 3 aromatic rings. The lowest BCUT2D eigenvalue weighted by atomic mass is 10.1. The van der Waals surface area contributed by atoms with Crippen LogP contribution in [0.1, 0.15) is 16.1 Å². The van der Waals surface area contributed by atoms with E-state index in [-0.39, 0.29) is 32.5 Å². The van der Waals surface area contributed by atoms with Gasteiger partial charge in [-0.15, -0.1) is 10.2 Å². The Balaban J connectivity index is 2.17. The van der Waals surface area contributed by atoms with Gasteiger partial charge in [0.2, 0.25) is 5.88 Å². The quantitative estimate of drug-likeness (QED) is 0.505. The highest BCUT2D eigenvalue weighted by Crippen LogP contribution is 2.42. The Morgan fingerprint density at radius 2 is 1.88 bits per heavy atom. The summed E-state index contributed by atoms with van der Waals surface area (Å²) in [6, 6.07) is 5.39. The summed E-state index contributed by atoms with van der Waals surface area (Å²) in [5, 5.41) is 28.7. The number of azo groups is 1. The maximum atomic E-state index is 11.1. The highest BCUT2D eigenvalue weighted by atomic mass is 35.5. The van der Waals surface area contributed by atoms with Crippen LogP contribution in [0, 0.1) is 6.92 Å². The summed E-state index contributed by atoms with van der Waals surface area (Å²) >= 11 is 17.7. The Hall–Kier alpha value is -2.35. The number of aromatic hydroxyl groups is 1. The molecular formula is C15H8Cl3N4O3-. The van der Waals surface area contributed by atoms with E-state index in [4.69, 9.17) is 34.8 Å². The number of aryl methyl sites for hydroxylation is 1. The molecule has 2 aromatic heterocycles. The van der Waals surface area contributed by atoms with E-state index in [1.165, 1.54) is 0 Å². The van der Waals surface area contributed by atoms with E-state index in [1.807, 2.05) is 13.0 Å². The summed E-state index contributed by atoms with van der Waals surface area (Å²) < 4.78 is 0. The smallest absolute Gasteiger partial charge is 0.218 e. The lowest BCUT2D eigenvalue weighted by Gasteiger charge is -2.08. The highest BCUT2D eigenvalue weighted by Gasteiger charge is 2.18. The second-order valence-corrected chi connectivity index (χ2v) is 6.15. The van der Waals surface area contributed by atoms with E-state index in [0.29, 0.717) is 10.9 Å². The number of para-hydroxylation sites is 1. The Labute approximate surface area is 155 Å². The van der Waals surface area contributed by atoms with Crippen molar-refractivity contribution in [1.82, 2.24) is 9.97 Å². The molecule has 0 fully saturated rings. The summed E-state index contributed by atoms with van der Waals surface area (Å²) in [6.45, 7) is 1.86. The number of rotatable bonds is 3. The highest BCUT2D eigenvalue weighted by molar-refractivity contribution is 6.45. The van der Waals surface area contributed by atoms with Gasteiger partial charge in [0.25, 0.3) is 0 Å². The zero-order valence-electron chi connectivity index (χ0n) is 12.5. The van der Waals surface area contributed by atoms with Crippen LogP contribution >= 0.6 is 34.8 Å². The molecule has 0 radical (unpaired) electrons. The molecule has 0 saturated heterocycles. The first kappa shape index (κ1) is 17.5. The third-order valence-corrected chi connectivity index (χ3v) is 4.54. The number of nitrogens with one attached hydrogen (secondary N) is 1. The number of fused-ring (bicyclic) bond motifs is 1. The molecule has 0 spiro atoms. The fourth-order valence-corrected chi connectivity index (χ4v) is 2.91. The number of carbonyl (C=O) groups excluding carboxylic acids is 1. The van der Waals surface area contributed by atoms with Gasteiger partial charge < -0.3 is 20.0 Å². The molecule has 2 N–H and O–H groups in total. The normalized spacial score (nSPS) is 11.5. The molecule has 128 valence electrons. The molecule has 0 saturated carbocycles. The van der Waals surface area contributed by atoms with Crippen LogP contribution in [0.4, 0.5) is 11.4 Å². The fraction of sp³-hybridized carbons (Fsp3) is 0.0667. The van der Waals surface area contributed by atoms with E-state index in [2.05, 4.69) is 20.2 Å². The van der Waals surface area contributed by atoms with Gasteiger partial charge in [0.1, 0.15) is 16.4 Å². The zero-order valence-corrected chi connectivity index (χ0v) is 14.7. The largest absolute Gasteiger partial charge is 0.543 e. The fourth-order valence-electron chi connectivity index (χ4n) is 2.26. The Morgan fingerprint density at radius 3 is 2.56 bits per heavy atom. The van der Waals surface area contributed by atoms with Crippen molar-refractivity contribution >= 4 is 63.0 Å². The first-order valence-corrected chi connectivity index (χ1v) is 7.92. The van der Waals surface area contributed by atoms with Crippen molar-refractivity contribution in [3.8, 4) is 5.88 Å². The topological polar surface area (TPSA) is 114 Å². The lowest BCUT2D eigenvalue weighted by Crippen LogP contribution is -2.24. The number of aromatic nitrogens is 2. The van der Waals surface area contributed by atoms with Gasteiger partial charge in [-0.25, -0.2) is 4.98 Å². The van der Waals surface area contributed by atoms with Crippen molar-refractivity contribution in [1.29, 1.82) is 0 Å². The van der Waals surface area contributed by atoms with Gasteiger partial charge in [0.15, 0.2) is 10.8 Å². The SMILES string of the molecule is Cc1cccc2c(N=Nc3c(Cl)c(Cl)nc(C(=O)[O-])c3Cl)c(O)[nH]c12. The number of H-pyrrole nitrogens is 1. The number of nitrogens with zero attached hydrogens (tertiary/aromatic N) is 3. The number of aromatic amines is 1. The predicted octanol–water partition coefficient (Wildman–Crippen LogP) is 4.32. The van der Waals surface area contributed by atoms with Crippen molar-refractivity contribution in [2.45, 2.75) is 6.92 Å². The maximum absolute atomic E-state index is 11.1.